The Morgan fingerprint density at radius 3 is 2.50 bits per heavy atom. The predicted molar refractivity (Wildman–Crippen MR) is 93.2 cm³/mol. The molecule has 0 aliphatic carbocycles. The largest absolute Gasteiger partial charge is 0.321 e. The van der Waals surface area contributed by atoms with Gasteiger partial charge in [0.2, 0.25) is 0 Å². The number of aliphatic imine (C=N–C) groups is 1. The minimum absolute atomic E-state index is 0.0400. The van der Waals surface area contributed by atoms with Crippen molar-refractivity contribution in [3.8, 4) is 0 Å². The van der Waals surface area contributed by atoms with Gasteiger partial charge in [-0.1, -0.05) is 17.7 Å². The van der Waals surface area contributed by atoms with Gasteiger partial charge < -0.3 is 10.2 Å². The smallest absolute Gasteiger partial charge is 0.264 e. The lowest BCUT2D eigenvalue weighted by Crippen LogP contribution is -2.28. The molecule has 0 saturated heterocycles. The van der Waals surface area contributed by atoms with E-state index in [1.807, 2.05) is 20.8 Å². The van der Waals surface area contributed by atoms with E-state index in [2.05, 4.69) is 41.2 Å². The molecule has 0 aromatic heterocycles. The number of rotatable bonds is 2. The van der Waals surface area contributed by atoms with E-state index < -0.39 is 0 Å². The van der Waals surface area contributed by atoms with Crippen LogP contribution in [0.15, 0.2) is 27.7 Å². The van der Waals surface area contributed by atoms with Crippen molar-refractivity contribution in [1.29, 1.82) is 0 Å². The monoisotopic (exact) mass is 315 g/mol. The normalized spacial score (nSPS) is 20.3. The van der Waals surface area contributed by atoms with Crippen LogP contribution in [0.2, 0.25) is 0 Å². The zero-order valence-corrected chi connectivity index (χ0v) is 14.5. The number of allylic oxidation sites excluding steroid dienone is 1. The molecule has 2 heterocycles. The molecule has 1 aromatic carbocycles. The fraction of sp³-hybridized carbons (Fsp3) is 0.412. The lowest BCUT2D eigenvalue weighted by molar-refractivity contribution is -0.112. The molecule has 2 aliphatic heterocycles. The molecule has 3 rings (SSSR count). The predicted octanol–water partition coefficient (Wildman–Crippen LogP) is 3.59. The second-order valence-electron chi connectivity index (χ2n) is 6.09. The topological polar surface area (TPSA) is 44.7 Å². The summed E-state index contributed by atoms with van der Waals surface area (Å²) in [5.74, 6) is -0.0400. The number of hydrogen-bond acceptors (Lipinski definition) is 4. The summed E-state index contributed by atoms with van der Waals surface area (Å²) < 4.78 is 0. The van der Waals surface area contributed by atoms with Crippen LogP contribution in [0.25, 0.3) is 0 Å². The average Bonchev–Trinajstić information content (AvgIpc) is 2.95. The molecule has 0 bridgehead atoms. The van der Waals surface area contributed by atoms with Gasteiger partial charge in [-0.25, -0.2) is 0 Å². The minimum atomic E-state index is -0.0400. The lowest BCUT2D eigenvalue weighted by atomic mass is 10.1. The fourth-order valence-electron chi connectivity index (χ4n) is 3.14. The number of nitrogens with one attached hydrogen (secondary N) is 1. The second kappa shape index (κ2) is 5.47. The van der Waals surface area contributed by atoms with Crippen LogP contribution >= 0.6 is 11.8 Å². The van der Waals surface area contributed by atoms with E-state index in [0.29, 0.717) is 6.04 Å². The Bertz CT molecular complexity index is 698. The molecule has 1 unspecified atom stereocenters. The highest BCUT2D eigenvalue weighted by atomic mass is 32.2. The minimum Gasteiger partial charge on any atom is -0.321 e. The highest BCUT2D eigenvalue weighted by molar-refractivity contribution is 8.18. The first-order valence-electron chi connectivity index (χ1n) is 7.50. The van der Waals surface area contributed by atoms with Gasteiger partial charge in [0, 0.05) is 11.4 Å². The van der Waals surface area contributed by atoms with Crippen molar-refractivity contribution in [2.24, 2.45) is 4.99 Å². The van der Waals surface area contributed by atoms with Crippen molar-refractivity contribution in [3.63, 3.8) is 0 Å². The number of amidine groups is 1. The van der Waals surface area contributed by atoms with Crippen LogP contribution in [-0.2, 0) is 4.79 Å². The van der Waals surface area contributed by atoms with Gasteiger partial charge in [-0.15, -0.1) is 0 Å². The van der Waals surface area contributed by atoms with Gasteiger partial charge in [0.1, 0.15) is 0 Å². The molecule has 0 saturated carbocycles. The van der Waals surface area contributed by atoms with Crippen molar-refractivity contribution in [2.45, 2.75) is 40.7 Å². The van der Waals surface area contributed by atoms with E-state index in [1.54, 1.807) is 0 Å². The maximum atomic E-state index is 12.7. The first-order chi connectivity index (χ1) is 10.4. The first kappa shape index (κ1) is 15.2. The Hall–Kier alpha value is -1.75. The average molecular weight is 315 g/mol. The molecule has 1 amide bonds. The third kappa shape index (κ3) is 2.43. The van der Waals surface area contributed by atoms with Crippen molar-refractivity contribution in [2.75, 3.05) is 11.9 Å². The molecule has 22 heavy (non-hydrogen) atoms. The highest BCUT2D eigenvalue weighted by Gasteiger charge is 2.36. The Morgan fingerprint density at radius 2 is 1.91 bits per heavy atom. The SMILES string of the molecule is CC1=C(C(=O)Nc2c(C)cc(C)cc2C)SC2=NCC(C)N21. The first-order valence-corrected chi connectivity index (χ1v) is 8.31. The third-order valence-corrected chi connectivity index (χ3v) is 5.34. The van der Waals surface area contributed by atoms with Crippen LogP contribution < -0.4 is 5.32 Å². The summed E-state index contributed by atoms with van der Waals surface area (Å²) >= 11 is 1.48. The van der Waals surface area contributed by atoms with Gasteiger partial charge in [-0.05, 0) is 57.5 Å². The van der Waals surface area contributed by atoms with E-state index in [0.717, 1.165) is 39.1 Å². The molecule has 4 nitrogen and oxygen atoms in total. The Morgan fingerprint density at radius 1 is 1.27 bits per heavy atom. The molecule has 1 aromatic rings. The molecule has 0 spiro atoms. The molecule has 0 fully saturated rings. The van der Waals surface area contributed by atoms with Crippen LogP contribution in [-0.4, -0.2) is 28.6 Å². The Labute approximate surface area is 135 Å². The van der Waals surface area contributed by atoms with Gasteiger partial charge in [0.15, 0.2) is 5.17 Å². The number of nitrogens with zero attached hydrogens (tertiary/aromatic N) is 2. The van der Waals surface area contributed by atoms with Gasteiger partial charge in [-0.2, -0.15) is 0 Å². The van der Waals surface area contributed by atoms with Crippen molar-refractivity contribution >= 4 is 28.5 Å². The van der Waals surface area contributed by atoms with Gasteiger partial charge in [-0.3, -0.25) is 9.79 Å². The number of amides is 1. The van der Waals surface area contributed by atoms with Crippen molar-refractivity contribution < 1.29 is 4.79 Å². The number of fused-ring (bicyclic) bond motifs is 1. The summed E-state index contributed by atoms with van der Waals surface area (Å²) in [5.41, 5.74) is 5.33. The third-order valence-electron chi connectivity index (χ3n) is 4.14. The van der Waals surface area contributed by atoms with Gasteiger partial charge in [0.25, 0.3) is 5.91 Å². The zero-order valence-electron chi connectivity index (χ0n) is 13.7. The Kier molecular flexibility index (Phi) is 3.77. The molecule has 2 aliphatic rings. The number of hydrogen-bond donors (Lipinski definition) is 1. The summed E-state index contributed by atoms with van der Waals surface area (Å²) in [7, 11) is 0. The van der Waals surface area contributed by atoms with Crippen molar-refractivity contribution in [3.05, 3.63) is 39.4 Å². The number of carbonyl (C=O) groups excluding carboxylic acids is 1. The molecule has 116 valence electrons. The molecular formula is C17H21N3OS. The standard InChI is InChI=1S/C17H21N3OS/c1-9-6-10(2)14(11(3)7-9)19-16(21)15-13(5)20-12(4)8-18-17(20)22-15/h6-7,12H,8H2,1-5H3,(H,19,21). The van der Waals surface area contributed by atoms with Gasteiger partial charge >= 0.3 is 0 Å². The zero-order chi connectivity index (χ0) is 16.0. The maximum absolute atomic E-state index is 12.7. The van der Waals surface area contributed by atoms with Crippen LogP contribution in [0.4, 0.5) is 5.69 Å². The number of anilines is 1. The van der Waals surface area contributed by atoms with E-state index in [-0.39, 0.29) is 5.91 Å². The van der Waals surface area contributed by atoms with Crippen LogP contribution in [0, 0.1) is 20.8 Å². The summed E-state index contributed by atoms with van der Waals surface area (Å²) in [6.45, 7) is 11.1. The highest BCUT2D eigenvalue weighted by Crippen LogP contribution is 2.39. The number of benzene rings is 1. The summed E-state index contributed by atoms with van der Waals surface area (Å²) in [5, 5.41) is 4.03. The van der Waals surface area contributed by atoms with Crippen LogP contribution in [0.3, 0.4) is 0 Å². The van der Waals surface area contributed by atoms with E-state index >= 15 is 0 Å². The Balaban J connectivity index is 1.86. The van der Waals surface area contributed by atoms with Gasteiger partial charge in [0.05, 0.1) is 17.5 Å². The van der Waals surface area contributed by atoms with Crippen LogP contribution in [0.5, 0.6) is 0 Å². The summed E-state index contributed by atoms with van der Waals surface area (Å²) in [4.78, 5) is 20.1. The van der Waals surface area contributed by atoms with Crippen LogP contribution in [0.1, 0.15) is 30.5 Å². The number of aryl methyl sites for hydroxylation is 3. The fourth-order valence-corrected chi connectivity index (χ4v) is 4.27. The van der Waals surface area contributed by atoms with E-state index in [9.17, 15) is 4.79 Å². The summed E-state index contributed by atoms with van der Waals surface area (Å²) in [6, 6.07) is 4.53. The quantitative estimate of drug-likeness (QED) is 0.907. The molecule has 5 heteroatoms. The molecular weight excluding hydrogens is 294 g/mol. The molecule has 1 atom stereocenters. The van der Waals surface area contributed by atoms with E-state index in [1.165, 1.54) is 17.3 Å². The summed E-state index contributed by atoms with van der Waals surface area (Å²) in [6.07, 6.45) is 0. The van der Waals surface area contributed by atoms with Crippen molar-refractivity contribution in [1.82, 2.24) is 4.90 Å². The molecule has 1 N–H and O–H groups in total. The number of carbonyl (C=O) groups is 1. The number of thioether (sulfide) groups is 1. The van der Waals surface area contributed by atoms with E-state index in [4.69, 9.17) is 0 Å². The lowest BCUT2D eigenvalue weighted by Gasteiger charge is -2.19. The molecule has 0 radical (unpaired) electrons. The maximum Gasteiger partial charge on any atom is 0.264 e. The second-order valence-corrected chi connectivity index (χ2v) is 7.06.